The van der Waals surface area contributed by atoms with Crippen LogP contribution >= 0.6 is 0 Å². The average molecular weight is 387 g/mol. The van der Waals surface area contributed by atoms with Crippen LogP contribution in [0.3, 0.4) is 0 Å². The molecule has 0 unspecified atom stereocenters. The molecule has 0 spiro atoms. The second kappa shape index (κ2) is 11.2. The fraction of sp³-hybridized carbons (Fsp3) is 0.667. The Balaban J connectivity index is 1.29. The van der Waals surface area contributed by atoms with Crippen molar-refractivity contribution in [3.63, 3.8) is 0 Å². The lowest BCUT2D eigenvalue weighted by atomic mass is 10.0. The molecule has 154 valence electrons. The van der Waals surface area contributed by atoms with Crippen LogP contribution in [-0.2, 0) is 32.3 Å². The van der Waals surface area contributed by atoms with Gasteiger partial charge in [-0.25, -0.2) is 0 Å². The van der Waals surface area contributed by atoms with Crippen molar-refractivity contribution < 1.29 is 19.1 Å². The molecule has 0 aromatic heterocycles. The highest BCUT2D eigenvalue weighted by Crippen LogP contribution is 2.29. The molecule has 0 heterocycles. The predicted molar refractivity (Wildman–Crippen MR) is 108 cm³/mol. The van der Waals surface area contributed by atoms with Crippen LogP contribution in [0.15, 0.2) is 24.3 Å². The van der Waals surface area contributed by atoms with Crippen molar-refractivity contribution in [2.75, 3.05) is 0 Å². The van der Waals surface area contributed by atoms with Gasteiger partial charge in [0.25, 0.3) is 0 Å². The third-order valence-electron chi connectivity index (χ3n) is 6.29. The minimum absolute atomic E-state index is 0.104. The highest BCUT2D eigenvalue weighted by molar-refractivity contribution is 5.69. The lowest BCUT2D eigenvalue weighted by Gasteiger charge is -2.10. The lowest BCUT2D eigenvalue weighted by molar-refractivity contribution is -0.146. The van der Waals surface area contributed by atoms with Gasteiger partial charge < -0.3 is 9.47 Å². The highest BCUT2D eigenvalue weighted by Gasteiger charge is 2.17. The number of hydrogen-bond acceptors (Lipinski definition) is 4. The van der Waals surface area contributed by atoms with E-state index in [0.717, 1.165) is 24.0 Å². The Morgan fingerprint density at radius 1 is 0.679 bits per heavy atom. The van der Waals surface area contributed by atoms with Gasteiger partial charge in [0.1, 0.15) is 13.2 Å². The quantitative estimate of drug-likeness (QED) is 0.483. The van der Waals surface area contributed by atoms with Gasteiger partial charge in [-0.15, -0.1) is 0 Å². The van der Waals surface area contributed by atoms with E-state index in [-0.39, 0.29) is 11.9 Å². The first-order chi connectivity index (χ1) is 13.7. The molecule has 4 nitrogen and oxygen atoms in total. The van der Waals surface area contributed by atoms with E-state index in [1.54, 1.807) is 0 Å². The lowest BCUT2D eigenvalue weighted by Crippen LogP contribution is -2.08. The average Bonchev–Trinajstić information content (AvgIpc) is 3.42. The standard InChI is InChI=1S/C24H34O4/c25-23(15-13-19-5-1-2-6-19)27-17-21-9-11-22(12-10-21)18-28-24(26)16-14-20-7-3-4-8-20/h9-12,19-20H,1-8,13-18H2. The molecule has 1 aromatic rings. The molecule has 0 saturated heterocycles. The van der Waals surface area contributed by atoms with E-state index in [4.69, 9.17) is 9.47 Å². The topological polar surface area (TPSA) is 52.6 Å². The predicted octanol–water partition coefficient (Wildman–Crippen LogP) is 5.71. The fourth-order valence-electron chi connectivity index (χ4n) is 4.45. The van der Waals surface area contributed by atoms with Gasteiger partial charge in [-0.05, 0) is 35.8 Å². The Morgan fingerprint density at radius 3 is 1.39 bits per heavy atom. The van der Waals surface area contributed by atoms with Crippen molar-refractivity contribution in [3.05, 3.63) is 35.4 Å². The molecule has 1 aromatic carbocycles. The first-order valence-electron chi connectivity index (χ1n) is 11.1. The van der Waals surface area contributed by atoms with Gasteiger partial charge in [-0.2, -0.15) is 0 Å². The molecular weight excluding hydrogens is 352 g/mol. The summed E-state index contributed by atoms with van der Waals surface area (Å²) in [6, 6.07) is 7.75. The third kappa shape index (κ3) is 7.29. The molecule has 0 amide bonds. The number of carbonyl (C=O) groups is 2. The van der Waals surface area contributed by atoms with Crippen molar-refractivity contribution in [1.82, 2.24) is 0 Å². The van der Waals surface area contributed by atoms with Crippen LogP contribution in [0.1, 0.15) is 88.2 Å². The summed E-state index contributed by atoms with van der Waals surface area (Å²) in [6.45, 7) is 0.621. The van der Waals surface area contributed by atoms with E-state index in [1.807, 2.05) is 24.3 Å². The van der Waals surface area contributed by atoms with E-state index < -0.39 is 0 Å². The zero-order valence-electron chi connectivity index (χ0n) is 17.0. The van der Waals surface area contributed by atoms with Crippen molar-refractivity contribution in [1.29, 1.82) is 0 Å². The van der Waals surface area contributed by atoms with Crippen LogP contribution < -0.4 is 0 Å². The van der Waals surface area contributed by atoms with Crippen LogP contribution in [0.4, 0.5) is 0 Å². The minimum Gasteiger partial charge on any atom is -0.461 e. The van der Waals surface area contributed by atoms with Crippen molar-refractivity contribution >= 4 is 11.9 Å². The number of rotatable bonds is 10. The second-order valence-corrected chi connectivity index (χ2v) is 8.52. The van der Waals surface area contributed by atoms with E-state index in [9.17, 15) is 9.59 Å². The van der Waals surface area contributed by atoms with Crippen molar-refractivity contribution in [2.45, 2.75) is 90.3 Å². The van der Waals surface area contributed by atoms with E-state index >= 15 is 0 Å². The van der Waals surface area contributed by atoms with Gasteiger partial charge in [0, 0.05) is 12.8 Å². The van der Waals surface area contributed by atoms with Gasteiger partial charge >= 0.3 is 11.9 Å². The molecule has 3 rings (SSSR count). The number of esters is 2. The van der Waals surface area contributed by atoms with Crippen molar-refractivity contribution in [2.24, 2.45) is 11.8 Å². The highest BCUT2D eigenvalue weighted by atomic mass is 16.5. The van der Waals surface area contributed by atoms with E-state index in [1.165, 1.54) is 51.4 Å². The summed E-state index contributed by atoms with van der Waals surface area (Å²) in [5.74, 6) is 1.22. The Kier molecular flexibility index (Phi) is 8.38. The molecule has 0 bridgehead atoms. The molecule has 2 saturated carbocycles. The monoisotopic (exact) mass is 386 g/mol. The summed E-state index contributed by atoms with van der Waals surface area (Å²) in [5.41, 5.74) is 1.93. The Bertz CT molecular complexity index is 555. The second-order valence-electron chi connectivity index (χ2n) is 8.52. The van der Waals surface area contributed by atoms with Gasteiger partial charge in [0.15, 0.2) is 0 Å². The molecule has 4 heteroatoms. The number of carbonyl (C=O) groups excluding carboxylic acids is 2. The van der Waals surface area contributed by atoms with Crippen LogP contribution in [-0.4, -0.2) is 11.9 Å². The van der Waals surface area contributed by atoms with Crippen LogP contribution in [0.25, 0.3) is 0 Å². The van der Waals surface area contributed by atoms with Gasteiger partial charge in [0.05, 0.1) is 0 Å². The summed E-state index contributed by atoms with van der Waals surface area (Å²) >= 11 is 0. The Labute approximate surface area is 169 Å². The van der Waals surface area contributed by atoms with Crippen LogP contribution in [0.5, 0.6) is 0 Å². The maximum atomic E-state index is 11.9. The molecule has 2 fully saturated rings. The Hall–Kier alpha value is -1.84. The molecule has 0 radical (unpaired) electrons. The van der Waals surface area contributed by atoms with E-state index in [2.05, 4.69) is 0 Å². The van der Waals surface area contributed by atoms with Gasteiger partial charge in [0.2, 0.25) is 0 Å². The summed E-state index contributed by atoms with van der Waals surface area (Å²) in [6.07, 6.45) is 13.3. The number of hydrogen-bond donors (Lipinski definition) is 0. The summed E-state index contributed by atoms with van der Waals surface area (Å²) < 4.78 is 10.8. The molecular formula is C24H34O4. The minimum atomic E-state index is -0.104. The van der Waals surface area contributed by atoms with E-state index in [0.29, 0.717) is 37.9 Å². The molecule has 0 N–H and O–H groups in total. The molecule has 2 aliphatic rings. The molecule has 2 aliphatic carbocycles. The number of ether oxygens (including phenoxy) is 2. The Morgan fingerprint density at radius 2 is 1.04 bits per heavy atom. The maximum Gasteiger partial charge on any atom is 0.306 e. The number of benzene rings is 1. The summed E-state index contributed by atoms with van der Waals surface area (Å²) in [5, 5.41) is 0. The van der Waals surface area contributed by atoms with Crippen molar-refractivity contribution in [3.8, 4) is 0 Å². The van der Waals surface area contributed by atoms with Crippen LogP contribution in [0, 0.1) is 11.8 Å². The molecule has 28 heavy (non-hydrogen) atoms. The zero-order chi connectivity index (χ0) is 19.6. The van der Waals surface area contributed by atoms with Gasteiger partial charge in [-0.3, -0.25) is 9.59 Å². The van der Waals surface area contributed by atoms with Gasteiger partial charge in [-0.1, -0.05) is 75.6 Å². The first-order valence-corrected chi connectivity index (χ1v) is 11.1. The smallest absolute Gasteiger partial charge is 0.306 e. The summed E-state index contributed by atoms with van der Waals surface area (Å²) in [7, 11) is 0. The fourth-order valence-corrected chi connectivity index (χ4v) is 4.45. The van der Waals surface area contributed by atoms with Crippen LogP contribution in [0.2, 0.25) is 0 Å². The largest absolute Gasteiger partial charge is 0.461 e. The summed E-state index contributed by atoms with van der Waals surface area (Å²) in [4.78, 5) is 23.8. The maximum absolute atomic E-state index is 11.9. The normalized spacial score (nSPS) is 17.7. The third-order valence-corrected chi connectivity index (χ3v) is 6.29. The SMILES string of the molecule is O=C(CCC1CCCC1)OCc1ccc(COC(=O)CCC2CCCC2)cc1. The molecule has 0 aliphatic heterocycles. The first kappa shape index (κ1) is 20.9. The zero-order valence-corrected chi connectivity index (χ0v) is 17.0. The molecule has 0 atom stereocenters.